The Bertz CT molecular complexity index is 710. The van der Waals surface area contributed by atoms with Gasteiger partial charge in [0.05, 0.1) is 16.7 Å². The van der Waals surface area contributed by atoms with E-state index in [-0.39, 0.29) is 10.7 Å². The highest BCUT2D eigenvalue weighted by atomic mass is 35.5. The van der Waals surface area contributed by atoms with Gasteiger partial charge in [-0.2, -0.15) is 5.26 Å². The van der Waals surface area contributed by atoms with Crippen molar-refractivity contribution in [3.05, 3.63) is 52.7 Å². The Morgan fingerprint density at radius 2 is 2.15 bits per heavy atom. The number of benzene rings is 1. The highest BCUT2D eigenvalue weighted by Crippen LogP contribution is 2.25. The van der Waals surface area contributed by atoms with Crippen LogP contribution in [0.3, 0.4) is 0 Å². The maximum absolute atomic E-state index is 11.0. The fraction of sp³-hybridized carbons (Fsp3) is 0.0714. The maximum atomic E-state index is 11.0. The van der Waals surface area contributed by atoms with E-state index >= 15 is 0 Å². The van der Waals surface area contributed by atoms with Gasteiger partial charge in [0, 0.05) is 12.7 Å². The van der Waals surface area contributed by atoms with Crippen molar-refractivity contribution >= 4 is 29.1 Å². The van der Waals surface area contributed by atoms with Crippen LogP contribution in [0.15, 0.2) is 36.4 Å². The second-order valence-electron chi connectivity index (χ2n) is 4.03. The molecular weight excluding hydrogens is 278 g/mol. The number of pyridine rings is 1. The highest BCUT2D eigenvalue weighted by Gasteiger charge is 2.14. The first-order valence-corrected chi connectivity index (χ1v) is 6.04. The third kappa shape index (κ3) is 2.71. The summed E-state index contributed by atoms with van der Waals surface area (Å²) < 4.78 is 0. The molecule has 0 fully saturated rings. The first-order valence-electron chi connectivity index (χ1n) is 5.66. The quantitative estimate of drug-likeness (QED) is 0.938. The first-order chi connectivity index (χ1) is 9.52. The van der Waals surface area contributed by atoms with Crippen LogP contribution < -0.4 is 4.90 Å². The van der Waals surface area contributed by atoms with Crippen LogP contribution in [0, 0.1) is 11.3 Å². The molecule has 0 unspecified atom stereocenters. The molecule has 1 N–H and O–H groups in total. The third-order valence-corrected chi connectivity index (χ3v) is 3.05. The summed E-state index contributed by atoms with van der Waals surface area (Å²) in [6.07, 6.45) is 0. The number of aromatic carboxylic acids is 1. The van der Waals surface area contributed by atoms with Crippen molar-refractivity contribution in [1.29, 1.82) is 5.26 Å². The molecule has 1 aromatic carbocycles. The lowest BCUT2D eigenvalue weighted by Gasteiger charge is -2.19. The van der Waals surface area contributed by atoms with Gasteiger partial charge in [0.25, 0.3) is 0 Å². The average molecular weight is 288 g/mol. The summed E-state index contributed by atoms with van der Waals surface area (Å²) in [5.41, 5.74) is 1.05. The van der Waals surface area contributed by atoms with E-state index < -0.39 is 5.97 Å². The summed E-state index contributed by atoms with van der Waals surface area (Å²) in [4.78, 5) is 16.7. The van der Waals surface area contributed by atoms with Gasteiger partial charge in [0.1, 0.15) is 5.82 Å². The Labute approximate surface area is 120 Å². The number of carbonyl (C=O) groups is 1. The van der Waals surface area contributed by atoms with E-state index in [9.17, 15) is 4.79 Å². The molecule has 0 radical (unpaired) electrons. The van der Waals surface area contributed by atoms with Crippen LogP contribution in [0.4, 0.5) is 11.5 Å². The molecule has 1 heterocycles. The van der Waals surface area contributed by atoms with Crippen molar-refractivity contribution in [1.82, 2.24) is 4.98 Å². The first kappa shape index (κ1) is 13.8. The zero-order chi connectivity index (χ0) is 14.7. The lowest BCUT2D eigenvalue weighted by Crippen LogP contribution is -2.13. The molecule has 20 heavy (non-hydrogen) atoms. The van der Waals surface area contributed by atoms with Gasteiger partial charge in [-0.3, -0.25) is 0 Å². The minimum absolute atomic E-state index is 0.0837. The average Bonchev–Trinajstić information content (AvgIpc) is 2.46. The molecule has 100 valence electrons. The highest BCUT2D eigenvalue weighted by molar-refractivity contribution is 6.33. The van der Waals surface area contributed by atoms with Crippen LogP contribution in [0.5, 0.6) is 0 Å². The van der Waals surface area contributed by atoms with Crippen molar-refractivity contribution < 1.29 is 9.90 Å². The molecule has 0 atom stereocenters. The maximum Gasteiger partial charge on any atom is 0.356 e. The lowest BCUT2D eigenvalue weighted by molar-refractivity contribution is 0.0691. The summed E-state index contributed by atoms with van der Waals surface area (Å²) in [5, 5.41) is 18.0. The van der Waals surface area contributed by atoms with Crippen LogP contribution >= 0.6 is 11.6 Å². The van der Waals surface area contributed by atoms with Crippen molar-refractivity contribution in [2.45, 2.75) is 0 Å². The topological polar surface area (TPSA) is 77.2 Å². The van der Waals surface area contributed by atoms with Crippen molar-refractivity contribution in [2.24, 2.45) is 0 Å². The molecule has 0 aliphatic heterocycles. The second-order valence-corrected chi connectivity index (χ2v) is 4.43. The van der Waals surface area contributed by atoms with E-state index in [0.29, 0.717) is 11.4 Å². The second kappa shape index (κ2) is 5.59. The van der Waals surface area contributed by atoms with Gasteiger partial charge in [-0.25, -0.2) is 9.78 Å². The summed E-state index contributed by atoms with van der Waals surface area (Å²) in [6.45, 7) is 0. The van der Waals surface area contributed by atoms with E-state index in [1.54, 1.807) is 42.3 Å². The van der Waals surface area contributed by atoms with E-state index in [1.807, 2.05) is 0 Å². The predicted molar refractivity (Wildman–Crippen MR) is 75.4 cm³/mol. The Kier molecular flexibility index (Phi) is 3.87. The van der Waals surface area contributed by atoms with Crippen LogP contribution in [0.1, 0.15) is 16.1 Å². The number of carboxylic acid groups (broad SMARTS) is 1. The Morgan fingerprint density at radius 3 is 2.80 bits per heavy atom. The predicted octanol–water partition coefficient (Wildman–Crippen LogP) is 3.07. The molecule has 0 spiro atoms. The number of anilines is 2. The molecule has 1 aromatic heterocycles. The van der Waals surface area contributed by atoms with Crippen LogP contribution in [-0.2, 0) is 0 Å². The van der Waals surface area contributed by atoms with Crippen molar-refractivity contribution in [2.75, 3.05) is 11.9 Å². The van der Waals surface area contributed by atoms with Gasteiger partial charge in [-0.1, -0.05) is 17.7 Å². The molecule has 0 bridgehead atoms. The fourth-order valence-corrected chi connectivity index (χ4v) is 1.87. The molecule has 0 aliphatic rings. The third-order valence-electron chi connectivity index (χ3n) is 2.74. The number of nitrogens with zero attached hydrogens (tertiary/aromatic N) is 3. The molecular formula is C14H10ClN3O2. The lowest BCUT2D eigenvalue weighted by atomic mass is 10.2. The molecule has 5 nitrogen and oxygen atoms in total. The zero-order valence-electron chi connectivity index (χ0n) is 10.5. The Hall–Kier alpha value is -2.58. The van der Waals surface area contributed by atoms with E-state index in [1.165, 1.54) is 6.07 Å². The summed E-state index contributed by atoms with van der Waals surface area (Å²) in [5.74, 6) is -0.752. The number of rotatable bonds is 3. The molecule has 0 aliphatic carbocycles. The number of aromatic nitrogens is 1. The van der Waals surface area contributed by atoms with Crippen LogP contribution in [-0.4, -0.2) is 23.1 Å². The molecule has 0 saturated carbocycles. The zero-order valence-corrected chi connectivity index (χ0v) is 11.3. The molecule has 0 amide bonds. The van der Waals surface area contributed by atoms with Gasteiger partial charge in [-0.15, -0.1) is 0 Å². The summed E-state index contributed by atoms with van der Waals surface area (Å²) in [7, 11) is 1.73. The van der Waals surface area contributed by atoms with Crippen LogP contribution in [0.25, 0.3) is 0 Å². The summed E-state index contributed by atoms with van der Waals surface area (Å²) in [6, 6.07) is 12.1. The molecule has 6 heteroatoms. The molecule has 2 rings (SSSR count). The number of nitriles is 1. The SMILES string of the molecule is CN(c1cccc(C#N)c1)c1ccc(Cl)c(C(=O)O)n1. The van der Waals surface area contributed by atoms with E-state index in [2.05, 4.69) is 11.1 Å². The molecule has 2 aromatic rings. The van der Waals surface area contributed by atoms with Gasteiger partial charge < -0.3 is 10.0 Å². The monoisotopic (exact) mass is 287 g/mol. The Morgan fingerprint density at radius 1 is 1.40 bits per heavy atom. The minimum Gasteiger partial charge on any atom is -0.476 e. The van der Waals surface area contributed by atoms with Gasteiger partial charge in [0.15, 0.2) is 5.69 Å². The Balaban J connectivity index is 2.43. The number of carboxylic acids is 1. The van der Waals surface area contributed by atoms with Gasteiger partial charge >= 0.3 is 5.97 Å². The number of halogens is 1. The van der Waals surface area contributed by atoms with Crippen molar-refractivity contribution in [3.63, 3.8) is 0 Å². The minimum atomic E-state index is -1.18. The summed E-state index contributed by atoms with van der Waals surface area (Å²) >= 11 is 5.78. The standard InChI is InChI=1S/C14H10ClN3O2/c1-18(10-4-2-3-9(7-10)8-16)12-6-5-11(15)13(17-12)14(19)20/h2-7H,1H3,(H,19,20). The number of hydrogen-bond donors (Lipinski definition) is 1. The smallest absolute Gasteiger partial charge is 0.356 e. The van der Waals surface area contributed by atoms with Crippen LogP contribution in [0.2, 0.25) is 5.02 Å². The van der Waals surface area contributed by atoms with Crippen molar-refractivity contribution in [3.8, 4) is 6.07 Å². The fourth-order valence-electron chi connectivity index (χ4n) is 1.68. The van der Waals surface area contributed by atoms with E-state index in [4.69, 9.17) is 22.0 Å². The van der Waals surface area contributed by atoms with Gasteiger partial charge in [-0.05, 0) is 30.3 Å². The molecule has 0 saturated heterocycles. The number of hydrogen-bond acceptors (Lipinski definition) is 4. The largest absolute Gasteiger partial charge is 0.476 e. The van der Waals surface area contributed by atoms with Gasteiger partial charge in [0.2, 0.25) is 0 Å². The van der Waals surface area contributed by atoms with E-state index in [0.717, 1.165) is 5.69 Å². The normalized spacial score (nSPS) is 9.85.